The minimum absolute atomic E-state index is 0.0491. The number of alkyl halides is 1. The second-order valence-corrected chi connectivity index (χ2v) is 3.83. The molecule has 3 heteroatoms. The Morgan fingerprint density at radius 3 is 2.71 bits per heavy atom. The van der Waals surface area contributed by atoms with Gasteiger partial charge in [0.1, 0.15) is 5.78 Å². The minimum atomic E-state index is 0.0491. The van der Waals surface area contributed by atoms with Gasteiger partial charge >= 0.3 is 0 Å². The number of ketones is 1. The van der Waals surface area contributed by atoms with Crippen LogP contribution in [0, 0.1) is 6.92 Å². The number of rotatable bonds is 4. The van der Waals surface area contributed by atoms with Gasteiger partial charge in [0.2, 0.25) is 0 Å². The van der Waals surface area contributed by atoms with E-state index in [2.05, 4.69) is 15.9 Å². The van der Waals surface area contributed by atoms with Crippen molar-refractivity contribution in [2.24, 2.45) is 0 Å². The number of aliphatic hydroxyl groups excluding tert-OH is 1. The highest BCUT2D eigenvalue weighted by atomic mass is 79.9. The van der Waals surface area contributed by atoms with E-state index in [0.717, 1.165) is 16.7 Å². The minimum Gasteiger partial charge on any atom is -0.392 e. The highest BCUT2D eigenvalue weighted by Gasteiger charge is 2.04. The summed E-state index contributed by atoms with van der Waals surface area (Å²) in [5.74, 6) is 0.171. The Morgan fingerprint density at radius 1 is 1.50 bits per heavy atom. The van der Waals surface area contributed by atoms with E-state index in [4.69, 9.17) is 5.11 Å². The van der Waals surface area contributed by atoms with E-state index in [1.165, 1.54) is 0 Å². The molecule has 1 aromatic rings. The molecule has 0 spiro atoms. The molecule has 0 aliphatic heterocycles. The van der Waals surface area contributed by atoms with Crippen LogP contribution in [-0.4, -0.2) is 16.2 Å². The van der Waals surface area contributed by atoms with E-state index < -0.39 is 0 Å². The maximum Gasteiger partial charge on any atom is 0.147 e. The quantitative estimate of drug-likeness (QED) is 0.837. The summed E-state index contributed by atoms with van der Waals surface area (Å²) in [7, 11) is 0. The zero-order chi connectivity index (χ0) is 10.6. The van der Waals surface area contributed by atoms with Gasteiger partial charge in [-0.15, -0.1) is 0 Å². The van der Waals surface area contributed by atoms with Gasteiger partial charge in [-0.2, -0.15) is 0 Å². The van der Waals surface area contributed by atoms with Crippen molar-refractivity contribution in [3.05, 3.63) is 34.9 Å². The van der Waals surface area contributed by atoms with Gasteiger partial charge in [0.25, 0.3) is 0 Å². The molecule has 0 radical (unpaired) electrons. The largest absolute Gasteiger partial charge is 0.392 e. The van der Waals surface area contributed by atoms with Crippen LogP contribution in [0.3, 0.4) is 0 Å². The van der Waals surface area contributed by atoms with Crippen molar-refractivity contribution in [3.63, 3.8) is 0 Å². The van der Waals surface area contributed by atoms with Gasteiger partial charge < -0.3 is 5.11 Å². The van der Waals surface area contributed by atoms with Crippen LogP contribution in [0.4, 0.5) is 0 Å². The Balaban J connectivity index is 2.83. The topological polar surface area (TPSA) is 37.3 Å². The molecule has 1 aromatic carbocycles. The molecule has 0 atom stereocenters. The lowest BCUT2D eigenvalue weighted by Gasteiger charge is -2.05. The van der Waals surface area contributed by atoms with Crippen molar-refractivity contribution in [3.8, 4) is 0 Å². The van der Waals surface area contributed by atoms with Crippen molar-refractivity contribution in [1.82, 2.24) is 0 Å². The lowest BCUT2D eigenvalue weighted by Crippen LogP contribution is -2.05. The monoisotopic (exact) mass is 256 g/mol. The van der Waals surface area contributed by atoms with Crippen LogP contribution in [0.2, 0.25) is 0 Å². The van der Waals surface area contributed by atoms with Crippen LogP contribution in [0.1, 0.15) is 16.7 Å². The van der Waals surface area contributed by atoms with Gasteiger partial charge in [0.05, 0.1) is 11.9 Å². The van der Waals surface area contributed by atoms with Gasteiger partial charge in [-0.05, 0) is 23.6 Å². The Kier molecular flexibility index (Phi) is 4.29. The third-order valence-electron chi connectivity index (χ3n) is 2.13. The van der Waals surface area contributed by atoms with E-state index in [1.54, 1.807) is 0 Å². The van der Waals surface area contributed by atoms with Crippen LogP contribution in [0.15, 0.2) is 18.2 Å². The molecule has 0 aliphatic rings. The number of aliphatic hydroxyl groups is 1. The molecular weight excluding hydrogens is 244 g/mol. The first-order chi connectivity index (χ1) is 6.67. The van der Waals surface area contributed by atoms with Crippen LogP contribution in [-0.2, 0) is 17.8 Å². The Labute approximate surface area is 92.1 Å². The molecule has 14 heavy (non-hydrogen) atoms. The normalized spacial score (nSPS) is 10.2. The van der Waals surface area contributed by atoms with Gasteiger partial charge in [0, 0.05) is 6.42 Å². The molecule has 0 aromatic heterocycles. The molecule has 0 saturated heterocycles. The van der Waals surface area contributed by atoms with Gasteiger partial charge in [-0.1, -0.05) is 34.1 Å². The van der Waals surface area contributed by atoms with E-state index in [1.807, 2.05) is 25.1 Å². The fourth-order valence-corrected chi connectivity index (χ4v) is 1.51. The molecule has 0 heterocycles. The van der Waals surface area contributed by atoms with Crippen molar-refractivity contribution >= 4 is 21.7 Å². The van der Waals surface area contributed by atoms with Crippen molar-refractivity contribution in [1.29, 1.82) is 0 Å². The van der Waals surface area contributed by atoms with Gasteiger partial charge in [-0.3, -0.25) is 4.79 Å². The second-order valence-electron chi connectivity index (χ2n) is 3.27. The van der Waals surface area contributed by atoms with E-state index >= 15 is 0 Å². The zero-order valence-electron chi connectivity index (χ0n) is 8.09. The second kappa shape index (κ2) is 5.27. The van der Waals surface area contributed by atoms with E-state index in [-0.39, 0.29) is 12.4 Å². The number of hydrogen-bond acceptors (Lipinski definition) is 2. The lowest BCUT2D eigenvalue weighted by atomic mass is 10.0. The molecular formula is C11H13BrO2. The summed E-state index contributed by atoms with van der Waals surface area (Å²) in [5, 5.41) is 9.30. The number of hydrogen-bond donors (Lipinski definition) is 1. The van der Waals surface area contributed by atoms with Crippen molar-refractivity contribution < 1.29 is 9.90 Å². The molecule has 1 rings (SSSR count). The van der Waals surface area contributed by atoms with Crippen LogP contribution < -0.4 is 0 Å². The standard InChI is InChI=1S/C11H13BrO2/c1-8-4-9(7-13)2-3-10(8)5-11(14)6-12/h2-4,13H,5-7H2,1H3. The average Bonchev–Trinajstić information content (AvgIpc) is 2.20. The number of aryl methyl sites for hydroxylation is 1. The van der Waals surface area contributed by atoms with Crippen molar-refractivity contribution in [2.45, 2.75) is 20.0 Å². The van der Waals surface area contributed by atoms with Gasteiger partial charge in [-0.25, -0.2) is 0 Å². The summed E-state index contributed by atoms with van der Waals surface area (Å²) in [6.07, 6.45) is 0.461. The first-order valence-electron chi connectivity index (χ1n) is 4.44. The first-order valence-corrected chi connectivity index (χ1v) is 5.56. The maximum absolute atomic E-state index is 11.2. The molecule has 2 nitrogen and oxygen atoms in total. The molecule has 0 aliphatic carbocycles. The zero-order valence-corrected chi connectivity index (χ0v) is 9.67. The summed E-state index contributed by atoms with van der Waals surface area (Å²) < 4.78 is 0. The van der Waals surface area contributed by atoms with Crippen LogP contribution in [0.5, 0.6) is 0 Å². The van der Waals surface area contributed by atoms with Crippen molar-refractivity contribution in [2.75, 3.05) is 5.33 Å². The number of benzene rings is 1. The molecule has 0 fully saturated rings. The molecule has 0 unspecified atom stereocenters. The highest BCUT2D eigenvalue weighted by Crippen LogP contribution is 2.12. The third-order valence-corrected chi connectivity index (χ3v) is 2.75. The molecule has 0 saturated carbocycles. The Morgan fingerprint density at radius 2 is 2.21 bits per heavy atom. The summed E-state index contributed by atoms with van der Waals surface area (Å²) in [6.45, 7) is 2.00. The third kappa shape index (κ3) is 2.93. The van der Waals surface area contributed by atoms with Gasteiger partial charge in [0.15, 0.2) is 0 Å². The van der Waals surface area contributed by atoms with E-state index in [0.29, 0.717) is 11.8 Å². The van der Waals surface area contributed by atoms with Crippen LogP contribution >= 0.6 is 15.9 Å². The SMILES string of the molecule is Cc1cc(CO)ccc1CC(=O)CBr. The summed E-state index contributed by atoms with van der Waals surface area (Å²) in [5.41, 5.74) is 2.98. The molecule has 0 bridgehead atoms. The fraction of sp³-hybridized carbons (Fsp3) is 0.364. The maximum atomic E-state index is 11.2. The smallest absolute Gasteiger partial charge is 0.147 e. The van der Waals surface area contributed by atoms with Crippen LogP contribution in [0.25, 0.3) is 0 Å². The number of Topliss-reactive ketones (excluding diaryl/α,β-unsaturated/α-hetero) is 1. The Hall–Kier alpha value is -0.670. The summed E-state index contributed by atoms with van der Waals surface area (Å²) in [4.78, 5) is 11.2. The number of carbonyl (C=O) groups is 1. The molecule has 1 N–H and O–H groups in total. The predicted octanol–water partition coefficient (Wildman–Crippen LogP) is 1.99. The van der Waals surface area contributed by atoms with E-state index in [9.17, 15) is 4.79 Å². The molecule has 76 valence electrons. The summed E-state index contributed by atoms with van der Waals surface area (Å²) in [6, 6.07) is 5.67. The molecule has 0 amide bonds. The highest BCUT2D eigenvalue weighted by molar-refractivity contribution is 9.09. The predicted molar refractivity (Wildman–Crippen MR) is 59.6 cm³/mol. The number of halogens is 1. The number of carbonyl (C=O) groups excluding carboxylic acids is 1. The lowest BCUT2D eigenvalue weighted by molar-refractivity contribution is -0.115. The summed E-state index contributed by atoms with van der Waals surface area (Å²) >= 11 is 3.14. The first kappa shape index (κ1) is 11.4. The Bertz CT molecular complexity index is 334. The fourth-order valence-electron chi connectivity index (χ4n) is 1.31. The average molecular weight is 257 g/mol.